The van der Waals surface area contributed by atoms with Crippen LogP contribution in [0.1, 0.15) is 69.8 Å². The molecule has 0 aromatic heterocycles. The Morgan fingerprint density at radius 2 is 1.66 bits per heavy atom. The number of likely N-dealkylation sites (tertiary alicyclic amines) is 1. The Morgan fingerprint density at radius 3 is 2.31 bits per heavy atom. The van der Waals surface area contributed by atoms with Crippen LogP contribution in [0.3, 0.4) is 0 Å². The first-order valence-electron chi connectivity index (χ1n) is 12.7. The molecule has 1 aromatic carbocycles. The first-order valence-corrected chi connectivity index (χ1v) is 12.7. The van der Waals surface area contributed by atoms with Gasteiger partial charge in [0, 0.05) is 43.2 Å². The summed E-state index contributed by atoms with van der Waals surface area (Å²) in [5.41, 5.74) is 7.38. The molecule has 4 aliphatic rings. The second-order valence-electron chi connectivity index (χ2n) is 10.5. The Morgan fingerprint density at radius 1 is 0.938 bits per heavy atom. The van der Waals surface area contributed by atoms with E-state index >= 15 is 0 Å². The van der Waals surface area contributed by atoms with Gasteiger partial charge in [0.15, 0.2) is 0 Å². The minimum absolute atomic E-state index is 0.0552. The summed E-state index contributed by atoms with van der Waals surface area (Å²) in [7, 11) is 0. The Bertz CT molecular complexity index is 799. The van der Waals surface area contributed by atoms with Crippen molar-refractivity contribution in [1.82, 2.24) is 15.1 Å². The zero-order valence-electron chi connectivity index (χ0n) is 19.1. The van der Waals surface area contributed by atoms with E-state index in [4.69, 9.17) is 5.73 Å². The van der Waals surface area contributed by atoms with Gasteiger partial charge in [-0.2, -0.15) is 0 Å². The standard InChI is InChI=1S/C26H38N4O2/c27-20-8-10-21(11-9-20)28-25(31)24-16-23(14-15-29(24)26(32)19-6-7-19)30(22-12-13-22)17-18-4-2-1-3-5-18/h1-5,19-24H,6-17,27H2,(H,28,31)/t20?,21?,23?,24-/m1/s1. The molecule has 4 fully saturated rings. The maximum absolute atomic E-state index is 13.5. The molecule has 3 saturated carbocycles. The number of nitrogens with two attached hydrogens (primary N) is 1. The van der Waals surface area contributed by atoms with Crippen molar-refractivity contribution in [1.29, 1.82) is 0 Å². The lowest BCUT2D eigenvalue weighted by Crippen LogP contribution is -2.59. The summed E-state index contributed by atoms with van der Waals surface area (Å²) < 4.78 is 0. The van der Waals surface area contributed by atoms with E-state index in [0.717, 1.165) is 57.9 Å². The first-order chi connectivity index (χ1) is 15.6. The second-order valence-corrected chi connectivity index (χ2v) is 10.5. The quantitative estimate of drug-likeness (QED) is 0.686. The van der Waals surface area contributed by atoms with Crippen molar-refractivity contribution in [2.75, 3.05) is 6.54 Å². The summed E-state index contributed by atoms with van der Waals surface area (Å²) >= 11 is 0. The molecule has 1 aromatic rings. The number of amides is 2. The number of nitrogens with one attached hydrogen (secondary N) is 1. The fourth-order valence-electron chi connectivity index (χ4n) is 5.64. The zero-order chi connectivity index (χ0) is 22.1. The van der Waals surface area contributed by atoms with Crippen LogP contribution in [-0.4, -0.2) is 58.4 Å². The molecule has 1 unspecified atom stereocenters. The lowest BCUT2D eigenvalue weighted by molar-refractivity contribution is -0.145. The molecule has 0 bridgehead atoms. The Kier molecular flexibility index (Phi) is 6.51. The van der Waals surface area contributed by atoms with Crippen LogP contribution in [0.4, 0.5) is 0 Å². The molecular weight excluding hydrogens is 400 g/mol. The van der Waals surface area contributed by atoms with Gasteiger partial charge in [-0.15, -0.1) is 0 Å². The highest BCUT2D eigenvalue weighted by Gasteiger charge is 2.45. The van der Waals surface area contributed by atoms with Crippen LogP contribution in [0.2, 0.25) is 0 Å². The van der Waals surface area contributed by atoms with Crippen molar-refractivity contribution in [3.63, 3.8) is 0 Å². The van der Waals surface area contributed by atoms with Crippen molar-refractivity contribution in [2.45, 2.75) is 101 Å². The Labute approximate surface area is 191 Å². The van der Waals surface area contributed by atoms with Gasteiger partial charge in [0.2, 0.25) is 11.8 Å². The van der Waals surface area contributed by atoms with E-state index in [-0.39, 0.29) is 35.9 Å². The lowest BCUT2D eigenvalue weighted by atomic mass is 9.90. The van der Waals surface area contributed by atoms with E-state index in [0.29, 0.717) is 18.6 Å². The number of hydrogen-bond donors (Lipinski definition) is 2. The summed E-state index contributed by atoms with van der Waals surface area (Å²) in [5, 5.41) is 3.30. The molecule has 0 radical (unpaired) electrons. The summed E-state index contributed by atoms with van der Waals surface area (Å²) in [6.45, 7) is 1.63. The van der Waals surface area contributed by atoms with E-state index in [2.05, 4.69) is 40.5 Å². The summed E-state index contributed by atoms with van der Waals surface area (Å²) in [4.78, 5) is 31.0. The fourth-order valence-corrected chi connectivity index (χ4v) is 5.64. The molecule has 1 saturated heterocycles. The van der Waals surface area contributed by atoms with Crippen molar-refractivity contribution >= 4 is 11.8 Å². The summed E-state index contributed by atoms with van der Waals surface area (Å²) in [5.74, 6) is 0.410. The number of benzene rings is 1. The van der Waals surface area contributed by atoms with E-state index in [1.807, 2.05) is 4.90 Å². The average molecular weight is 439 g/mol. The number of nitrogens with zero attached hydrogens (tertiary/aromatic N) is 2. The number of hydrogen-bond acceptors (Lipinski definition) is 4. The molecule has 5 rings (SSSR count). The lowest BCUT2D eigenvalue weighted by Gasteiger charge is -2.43. The monoisotopic (exact) mass is 438 g/mol. The molecule has 3 N–H and O–H groups in total. The third-order valence-electron chi connectivity index (χ3n) is 7.90. The van der Waals surface area contributed by atoms with Crippen LogP contribution in [0.25, 0.3) is 0 Å². The third-order valence-corrected chi connectivity index (χ3v) is 7.90. The van der Waals surface area contributed by atoms with Gasteiger partial charge in [-0.25, -0.2) is 0 Å². The molecule has 174 valence electrons. The highest BCUT2D eigenvalue weighted by molar-refractivity contribution is 5.89. The Hall–Kier alpha value is -1.92. The molecule has 6 nitrogen and oxygen atoms in total. The van der Waals surface area contributed by atoms with Gasteiger partial charge < -0.3 is 16.0 Å². The topological polar surface area (TPSA) is 78.7 Å². The smallest absolute Gasteiger partial charge is 0.243 e. The zero-order valence-corrected chi connectivity index (χ0v) is 19.1. The van der Waals surface area contributed by atoms with Crippen molar-refractivity contribution < 1.29 is 9.59 Å². The largest absolute Gasteiger partial charge is 0.352 e. The maximum Gasteiger partial charge on any atom is 0.243 e. The fraction of sp³-hybridized carbons (Fsp3) is 0.692. The normalized spacial score (nSPS) is 30.9. The molecular formula is C26H38N4O2. The van der Waals surface area contributed by atoms with Crippen LogP contribution in [0.5, 0.6) is 0 Å². The van der Waals surface area contributed by atoms with Crippen molar-refractivity contribution in [2.24, 2.45) is 11.7 Å². The average Bonchev–Trinajstić information content (AvgIpc) is 3.72. The van der Waals surface area contributed by atoms with E-state index < -0.39 is 0 Å². The van der Waals surface area contributed by atoms with Crippen molar-refractivity contribution in [3.05, 3.63) is 35.9 Å². The molecule has 0 spiro atoms. The maximum atomic E-state index is 13.5. The van der Waals surface area contributed by atoms with Crippen LogP contribution < -0.4 is 11.1 Å². The number of carbonyl (C=O) groups is 2. The van der Waals surface area contributed by atoms with Gasteiger partial charge in [-0.1, -0.05) is 30.3 Å². The molecule has 2 amide bonds. The van der Waals surface area contributed by atoms with Gasteiger partial charge >= 0.3 is 0 Å². The van der Waals surface area contributed by atoms with Crippen LogP contribution in [0.15, 0.2) is 30.3 Å². The van der Waals surface area contributed by atoms with Gasteiger partial charge in [-0.3, -0.25) is 14.5 Å². The predicted octanol–water partition coefficient (Wildman–Crippen LogP) is 2.81. The minimum Gasteiger partial charge on any atom is -0.352 e. The van der Waals surface area contributed by atoms with Crippen molar-refractivity contribution in [3.8, 4) is 0 Å². The highest BCUT2D eigenvalue weighted by Crippen LogP contribution is 2.37. The molecule has 6 heteroatoms. The third kappa shape index (κ3) is 5.18. The van der Waals surface area contributed by atoms with Gasteiger partial charge in [0.1, 0.15) is 6.04 Å². The number of piperidine rings is 1. The highest BCUT2D eigenvalue weighted by atomic mass is 16.2. The van der Waals surface area contributed by atoms with Gasteiger partial charge in [-0.05, 0) is 69.8 Å². The molecule has 32 heavy (non-hydrogen) atoms. The van der Waals surface area contributed by atoms with Gasteiger partial charge in [0.25, 0.3) is 0 Å². The van der Waals surface area contributed by atoms with Crippen LogP contribution in [-0.2, 0) is 16.1 Å². The minimum atomic E-state index is -0.338. The first kappa shape index (κ1) is 21.9. The van der Waals surface area contributed by atoms with E-state index in [9.17, 15) is 9.59 Å². The van der Waals surface area contributed by atoms with Crippen LogP contribution >= 0.6 is 0 Å². The van der Waals surface area contributed by atoms with Crippen LogP contribution in [0, 0.1) is 5.92 Å². The second kappa shape index (κ2) is 9.52. The number of carbonyl (C=O) groups excluding carboxylic acids is 2. The predicted molar refractivity (Wildman–Crippen MR) is 125 cm³/mol. The Balaban J connectivity index is 1.29. The van der Waals surface area contributed by atoms with E-state index in [1.54, 1.807) is 0 Å². The molecule has 3 aliphatic carbocycles. The number of rotatable bonds is 7. The molecule has 1 heterocycles. The molecule has 1 aliphatic heterocycles. The summed E-state index contributed by atoms with van der Waals surface area (Å²) in [6.07, 6.45) is 9.99. The van der Waals surface area contributed by atoms with E-state index in [1.165, 1.54) is 18.4 Å². The summed E-state index contributed by atoms with van der Waals surface area (Å²) in [6, 6.07) is 11.7. The molecule has 2 atom stereocenters. The SMILES string of the molecule is NC1CCC(NC(=O)[C@H]2CC(N(Cc3ccccc3)C3CC3)CCN2C(=O)C2CC2)CC1. The van der Waals surface area contributed by atoms with Gasteiger partial charge in [0.05, 0.1) is 0 Å².